The van der Waals surface area contributed by atoms with Crippen LogP contribution in [0.25, 0.3) is 5.65 Å². The van der Waals surface area contributed by atoms with Crippen molar-refractivity contribution in [2.45, 2.75) is 31.5 Å². The van der Waals surface area contributed by atoms with Gasteiger partial charge in [-0.05, 0) is 18.9 Å². The molecule has 0 aliphatic heterocycles. The molecule has 11 heteroatoms. The summed E-state index contributed by atoms with van der Waals surface area (Å²) in [5.74, 6) is -0.538. The first-order valence-corrected chi connectivity index (χ1v) is 8.63. The Labute approximate surface area is 156 Å². The fourth-order valence-corrected chi connectivity index (χ4v) is 2.89. The first kappa shape index (κ1) is 17.8. The zero-order valence-corrected chi connectivity index (χ0v) is 14.6. The van der Waals surface area contributed by atoms with E-state index in [2.05, 4.69) is 20.5 Å². The van der Waals surface area contributed by atoms with Gasteiger partial charge in [-0.3, -0.25) is 9.48 Å². The van der Waals surface area contributed by atoms with Crippen LogP contribution in [0.15, 0.2) is 24.5 Å². The minimum Gasteiger partial charge on any atom is -0.349 e. The summed E-state index contributed by atoms with van der Waals surface area (Å²) in [6.45, 7) is 0.585. The third-order valence-electron chi connectivity index (χ3n) is 4.19. The van der Waals surface area contributed by atoms with Crippen molar-refractivity contribution in [3.05, 3.63) is 46.6 Å². The number of rotatable bonds is 5. The van der Waals surface area contributed by atoms with Crippen LogP contribution < -0.4 is 5.32 Å². The van der Waals surface area contributed by atoms with Crippen LogP contribution in [0.1, 0.15) is 40.6 Å². The van der Waals surface area contributed by atoms with Gasteiger partial charge >= 0.3 is 6.18 Å². The Hall–Kier alpha value is -2.62. The van der Waals surface area contributed by atoms with Gasteiger partial charge in [-0.25, -0.2) is 9.50 Å². The Morgan fingerprint density at radius 1 is 1.33 bits per heavy atom. The number of carbonyl (C=O) groups excluding carboxylic acids is 1. The lowest BCUT2D eigenvalue weighted by Crippen LogP contribution is -2.27. The summed E-state index contributed by atoms with van der Waals surface area (Å²) in [6.07, 6.45) is 0.105. The summed E-state index contributed by atoms with van der Waals surface area (Å²) in [7, 11) is 0. The molecule has 1 amide bonds. The highest BCUT2D eigenvalue weighted by molar-refractivity contribution is 6.30. The van der Waals surface area contributed by atoms with E-state index in [0.717, 1.165) is 18.9 Å². The molecule has 0 saturated heterocycles. The SMILES string of the molecule is O=C(NCCn1cc(Cl)cn1)c1cc2nc(C3CC3)cc(C(F)(F)F)n2n1. The Kier molecular flexibility index (Phi) is 4.29. The summed E-state index contributed by atoms with van der Waals surface area (Å²) >= 11 is 5.75. The van der Waals surface area contributed by atoms with E-state index in [1.54, 1.807) is 6.20 Å². The standard InChI is InChI=1S/C16H14ClF3N6O/c17-10-7-22-25(8-10)4-3-21-15(27)12-6-14-23-11(9-1-2-9)5-13(16(18,19)20)26(14)24-12/h5-9H,1-4H2,(H,21,27). The molecule has 4 rings (SSSR count). The molecule has 1 saturated carbocycles. The van der Waals surface area contributed by atoms with Gasteiger partial charge in [0.25, 0.3) is 5.91 Å². The summed E-state index contributed by atoms with van der Waals surface area (Å²) in [6, 6.07) is 2.28. The monoisotopic (exact) mass is 398 g/mol. The second-order valence-corrected chi connectivity index (χ2v) is 6.75. The molecule has 142 valence electrons. The fraction of sp³-hybridized carbons (Fsp3) is 0.375. The van der Waals surface area contributed by atoms with E-state index in [4.69, 9.17) is 11.6 Å². The number of carbonyl (C=O) groups is 1. The molecule has 7 nitrogen and oxygen atoms in total. The topological polar surface area (TPSA) is 77.1 Å². The van der Waals surface area contributed by atoms with E-state index in [1.165, 1.54) is 16.9 Å². The normalized spacial score (nSPS) is 14.7. The predicted octanol–water partition coefficient (Wildman–Crippen LogP) is 2.91. The first-order chi connectivity index (χ1) is 12.8. The molecule has 0 unspecified atom stereocenters. The van der Waals surface area contributed by atoms with Gasteiger partial charge in [-0.15, -0.1) is 0 Å². The first-order valence-electron chi connectivity index (χ1n) is 8.25. The van der Waals surface area contributed by atoms with Crippen LogP contribution in [0.2, 0.25) is 5.02 Å². The maximum absolute atomic E-state index is 13.4. The third kappa shape index (κ3) is 3.75. The molecule has 1 fully saturated rings. The highest BCUT2D eigenvalue weighted by Gasteiger charge is 2.37. The van der Waals surface area contributed by atoms with Gasteiger partial charge in [0.05, 0.1) is 17.8 Å². The van der Waals surface area contributed by atoms with Crippen LogP contribution in [-0.4, -0.2) is 36.8 Å². The lowest BCUT2D eigenvalue weighted by atomic mass is 10.2. The molecule has 1 aliphatic carbocycles. The third-order valence-corrected chi connectivity index (χ3v) is 4.39. The second kappa shape index (κ2) is 6.52. The van der Waals surface area contributed by atoms with Gasteiger partial charge in [0.2, 0.25) is 0 Å². The smallest absolute Gasteiger partial charge is 0.349 e. The molecule has 1 N–H and O–H groups in total. The number of fused-ring (bicyclic) bond motifs is 1. The summed E-state index contributed by atoms with van der Waals surface area (Å²) < 4.78 is 42.3. The van der Waals surface area contributed by atoms with Crippen molar-refractivity contribution in [1.82, 2.24) is 29.7 Å². The summed E-state index contributed by atoms with van der Waals surface area (Å²) in [5.41, 5.74) is -0.660. The molecule has 0 aromatic carbocycles. The molecular weight excluding hydrogens is 385 g/mol. The van der Waals surface area contributed by atoms with Gasteiger partial charge in [-0.2, -0.15) is 23.4 Å². The van der Waals surface area contributed by atoms with Crippen LogP contribution in [0, 0.1) is 0 Å². The van der Waals surface area contributed by atoms with Crippen LogP contribution in [0.4, 0.5) is 13.2 Å². The van der Waals surface area contributed by atoms with Gasteiger partial charge in [0.15, 0.2) is 11.3 Å². The molecule has 1 aliphatic rings. The maximum atomic E-state index is 13.4. The highest BCUT2D eigenvalue weighted by atomic mass is 35.5. The van der Waals surface area contributed by atoms with Gasteiger partial charge in [0.1, 0.15) is 5.69 Å². The molecule has 27 heavy (non-hydrogen) atoms. The molecule has 0 radical (unpaired) electrons. The van der Waals surface area contributed by atoms with Crippen molar-refractivity contribution < 1.29 is 18.0 Å². The Balaban J connectivity index is 1.55. The lowest BCUT2D eigenvalue weighted by Gasteiger charge is -2.10. The largest absolute Gasteiger partial charge is 0.433 e. The van der Waals surface area contributed by atoms with Crippen molar-refractivity contribution in [2.24, 2.45) is 0 Å². The molecular formula is C16H14ClF3N6O. The van der Waals surface area contributed by atoms with E-state index < -0.39 is 17.8 Å². The van der Waals surface area contributed by atoms with Gasteiger partial charge < -0.3 is 5.32 Å². The molecule has 3 aromatic rings. The van der Waals surface area contributed by atoms with Gasteiger partial charge in [0, 0.05) is 30.4 Å². The van der Waals surface area contributed by atoms with Crippen molar-refractivity contribution in [3.8, 4) is 0 Å². The van der Waals surface area contributed by atoms with E-state index >= 15 is 0 Å². The Morgan fingerprint density at radius 3 is 2.74 bits per heavy atom. The number of aromatic nitrogens is 5. The summed E-state index contributed by atoms with van der Waals surface area (Å²) in [4.78, 5) is 16.5. The van der Waals surface area contributed by atoms with E-state index in [0.29, 0.717) is 21.8 Å². The number of halogens is 4. The van der Waals surface area contributed by atoms with Crippen molar-refractivity contribution in [3.63, 3.8) is 0 Å². The second-order valence-electron chi connectivity index (χ2n) is 6.32. The highest BCUT2D eigenvalue weighted by Crippen LogP contribution is 2.41. The predicted molar refractivity (Wildman–Crippen MR) is 89.5 cm³/mol. The lowest BCUT2D eigenvalue weighted by molar-refractivity contribution is -0.142. The maximum Gasteiger partial charge on any atom is 0.433 e. The number of amides is 1. The number of hydrogen-bond donors (Lipinski definition) is 1. The summed E-state index contributed by atoms with van der Waals surface area (Å²) in [5, 5.41) is 10.8. The molecule has 0 spiro atoms. The zero-order valence-electron chi connectivity index (χ0n) is 13.9. The number of alkyl halides is 3. The van der Waals surface area contributed by atoms with Crippen LogP contribution in [-0.2, 0) is 12.7 Å². The average molecular weight is 399 g/mol. The average Bonchev–Trinajstić information content (AvgIpc) is 3.23. The van der Waals surface area contributed by atoms with E-state index in [-0.39, 0.29) is 23.8 Å². The quantitative estimate of drug-likeness (QED) is 0.717. The number of nitrogens with zero attached hydrogens (tertiary/aromatic N) is 5. The van der Waals surface area contributed by atoms with Crippen LogP contribution in [0.5, 0.6) is 0 Å². The van der Waals surface area contributed by atoms with Crippen LogP contribution in [0.3, 0.4) is 0 Å². The minimum atomic E-state index is -4.59. The Bertz CT molecular complexity index is 1010. The van der Waals surface area contributed by atoms with Crippen molar-refractivity contribution >= 4 is 23.2 Å². The molecule has 3 aromatic heterocycles. The molecule has 3 heterocycles. The van der Waals surface area contributed by atoms with E-state index in [1.807, 2.05) is 0 Å². The van der Waals surface area contributed by atoms with Crippen LogP contribution >= 0.6 is 11.6 Å². The number of hydrogen-bond acceptors (Lipinski definition) is 4. The fourth-order valence-electron chi connectivity index (χ4n) is 2.73. The Morgan fingerprint density at radius 2 is 2.11 bits per heavy atom. The molecule has 0 atom stereocenters. The number of nitrogens with one attached hydrogen (secondary N) is 1. The van der Waals surface area contributed by atoms with Crippen molar-refractivity contribution in [2.75, 3.05) is 6.54 Å². The van der Waals surface area contributed by atoms with Gasteiger partial charge in [-0.1, -0.05) is 11.6 Å². The zero-order chi connectivity index (χ0) is 19.2. The molecule has 0 bridgehead atoms. The van der Waals surface area contributed by atoms with Crippen molar-refractivity contribution in [1.29, 1.82) is 0 Å². The minimum absolute atomic E-state index is 0.00994. The van der Waals surface area contributed by atoms with E-state index in [9.17, 15) is 18.0 Å².